The van der Waals surface area contributed by atoms with Crippen molar-refractivity contribution in [2.45, 2.75) is 13.1 Å². The van der Waals surface area contributed by atoms with Crippen molar-refractivity contribution in [3.63, 3.8) is 0 Å². The molecule has 3 N–H and O–H groups in total. The molecule has 0 bridgehead atoms. The van der Waals surface area contributed by atoms with Crippen molar-refractivity contribution in [1.82, 2.24) is 20.4 Å². The number of fused-ring (bicyclic) bond motifs is 2. The van der Waals surface area contributed by atoms with E-state index in [1.165, 1.54) is 4.90 Å². The fourth-order valence-corrected chi connectivity index (χ4v) is 3.82. The van der Waals surface area contributed by atoms with Gasteiger partial charge in [0.1, 0.15) is 5.82 Å². The van der Waals surface area contributed by atoms with Gasteiger partial charge < -0.3 is 10.2 Å². The Morgan fingerprint density at radius 3 is 2.44 bits per heavy atom. The van der Waals surface area contributed by atoms with Gasteiger partial charge in [0.2, 0.25) is 0 Å². The number of amides is 4. The van der Waals surface area contributed by atoms with Gasteiger partial charge in [0, 0.05) is 16.7 Å². The lowest BCUT2D eigenvalue weighted by atomic mass is 10.0. The highest BCUT2D eigenvalue weighted by atomic mass is 16.2. The van der Waals surface area contributed by atoms with E-state index in [-0.39, 0.29) is 19.0 Å². The molecule has 158 valence electrons. The minimum Gasteiger partial charge on any atom is -0.314 e. The molecule has 3 aromatic carbocycles. The van der Waals surface area contributed by atoms with Gasteiger partial charge in [0.05, 0.1) is 18.8 Å². The van der Waals surface area contributed by atoms with Gasteiger partial charge in [-0.05, 0) is 29.0 Å². The monoisotopic (exact) mass is 425 g/mol. The summed E-state index contributed by atoms with van der Waals surface area (Å²) in [5, 5.41) is 14.2. The molecule has 1 aliphatic rings. The van der Waals surface area contributed by atoms with Crippen molar-refractivity contribution >= 4 is 34.4 Å². The van der Waals surface area contributed by atoms with Crippen LogP contribution in [-0.4, -0.2) is 32.9 Å². The van der Waals surface area contributed by atoms with Crippen molar-refractivity contribution in [3.8, 4) is 0 Å². The number of carbonyl (C=O) groups excluding carboxylic acids is 3. The lowest BCUT2D eigenvalue weighted by molar-refractivity contribution is 0.0950. The first-order valence-electron chi connectivity index (χ1n) is 10.1. The van der Waals surface area contributed by atoms with Crippen molar-refractivity contribution in [3.05, 3.63) is 95.2 Å². The van der Waals surface area contributed by atoms with E-state index in [1.807, 2.05) is 36.4 Å². The Balaban J connectivity index is 1.29. The number of hydrogen-bond acceptors (Lipinski definition) is 4. The van der Waals surface area contributed by atoms with Crippen LogP contribution in [0.4, 0.5) is 10.6 Å². The van der Waals surface area contributed by atoms with Crippen LogP contribution in [0, 0.1) is 0 Å². The van der Waals surface area contributed by atoms with Crippen LogP contribution in [0.3, 0.4) is 0 Å². The fraction of sp³-hybridized carbons (Fsp3) is 0.0833. The molecule has 8 heteroatoms. The predicted octanol–water partition coefficient (Wildman–Crippen LogP) is 3.68. The van der Waals surface area contributed by atoms with Crippen LogP contribution in [-0.2, 0) is 13.1 Å². The molecule has 5 rings (SSSR count). The van der Waals surface area contributed by atoms with Gasteiger partial charge >= 0.3 is 6.03 Å². The van der Waals surface area contributed by atoms with Crippen LogP contribution in [0.5, 0.6) is 0 Å². The standard InChI is InChI=1S/C24H19N5O3/c30-22(16-8-2-1-3-9-16)26-24(32)29-13-19-20(14-29)27-28-21(19)25-23(31)18-12-6-10-15-7-4-5-11-17(15)18/h1-12H,13-14H2,(H,26,30,32)(H2,25,27,28,31). The van der Waals surface area contributed by atoms with Gasteiger partial charge in [0.25, 0.3) is 11.8 Å². The number of aromatic nitrogens is 2. The van der Waals surface area contributed by atoms with Crippen LogP contribution in [0.25, 0.3) is 10.8 Å². The van der Waals surface area contributed by atoms with E-state index in [4.69, 9.17) is 0 Å². The van der Waals surface area contributed by atoms with E-state index in [9.17, 15) is 14.4 Å². The Kier molecular flexibility index (Phi) is 4.87. The molecule has 32 heavy (non-hydrogen) atoms. The normalized spacial score (nSPS) is 12.4. The molecule has 4 amide bonds. The molecule has 0 spiro atoms. The summed E-state index contributed by atoms with van der Waals surface area (Å²) < 4.78 is 0. The number of imide groups is 1. The molecule has 1 aliphatic heterocycles. The van der Waals surface area contributed by atoms with Crippen molar-refractivity contribution in [2.24, 2.45) is 0 Å². The third kappa shape index (κ3) is 3.58. The zero-order valence-corrected chi connectivity index (χ0v) is 17.0. The molecule has 2 heterocycles. The van der Waals surface area contributed by atoms with Crippen LogP contribution in [0.1, 0.15) is 32.0 Å². The molecule has 0 aliphatic carbocycles. The Labute approximate surface area is 183 Å². The van der Waals surface area contributed by atoms with Crippen LogP contribution >= 0.6 is 0 Å². The molecule has 0 radical (unpaired) electrons. The van der Waals surface area contributed by atoms with Crippen molar-refractivity contribution < 1.29 is 14.4 Å². The second kappa shape index (κ2) is 7.99. The number of rotatable bonds is 3. The second-order valence-electron chi connectivity index (χ2n) is 7.49. The summed E-state index contributed by atoms with van der Waals surface area (Å²) in [5.41, 5.74) is 2.33. The van der Waals surface area contributed by atoms with E-state index in [2.05, 4.69) is 20.8 Å². The molecule has 1 aromatic heterocycles. The van der Waals surface area contributed by atoms with Gasteiger partial charge in [-0.3, -0.25) is 20.0 Å². The Morgan fingerprint density at radius 2 is 1.59 bits per heavy atom. The number of nitrogens with one attached hydrogen (secondary N) is 3. The van der Waals surface area contributed by atoms with Gasteiger partial charge in [-0.1, -0.05) is 54.6 Å². The number of hydrogen-bond donors (Lipinski definition) is 3. The first-order chi connectivity index (χ1) is 15.6. The van der Waals surface area contributed by atoms with E-state index < -0.39 is 11.9 Å². The molecule has 0 saturated heterocycles. The molecule has 0 saturated carbocycles. The quantitative estimate of drug-likeness (QED) is 0.465. The maximum atomic E-state index is 12.9. The third-order valence-corrected chi connectivity index (χ3v) is 5.46. The highest BCUT2D eigenvalue weighted by molar-refractivity contribution is 6.13. The first kappa shape index (κ1) is 19.5. The topological polar surface area (TPSA) is 107 Å². The number of H-pyrrole nitrogens is 1. The van der Waals surface area contributed by atoms with Crippen LogP contribution in [0.15, 0.2) is 72.8 Å². The van der Waals surface area contributed by atoms with Crippen LogP contribution in [0.2, 0.25) is 0 Å². The number of carbonyl (C=O) groups is 3. The number of nitrogens with zero attached hydrogens (tertiary/aromatic N) is 2. The largest absolute Gasteiger partial charge is 0.324 e. The van der Waals surface area contributed by atoms with Gasteiger partial charge in [-0.15, -0.1) is 0 Å². The molecule has 0 unspecified atom stereocenters. The van der Waals surface area contributed by atoms with Crippen LogP contribution < -0.4 is 10.6 Å². The summed E-state index contributed by atoms with van der Waals surface area (Å²) >= 11 is 0. The van der Waals surface area contributed by atoms with Crippen molar-refractivity contribution in [2.75, 3.05) is 5.32 Å². The van der Waals surface area contributed by atoms with Gasteiger partial charge in [-0.2, -0.15) is 5.10 Å². The highest BCUT2D eigenvalue weighted by Gasteiger charge is 2.30. The molecule has 0 atom stereocenters. The minimum absolute atomic E-state index is 0.227. The zero-order valence-electron chi connectivity index (χ0n) is 17.0. The molecule has 8 nitrogen and oxygen atoms in total. The lowest BCUT2D eigenvalue weighted by Crippen LogP contribution is -2.40. The average molecular weight is 425 g/mol. The maximum absolute atomic E-state index is 12.9. The Bertz CT molecular complexity index is 1340. The zero-order chi connectivity index (χ0) is 22.1. The Morgan fingerprint density at radius 1 is 0.844 bits per heavy atom. The average Bonchev–Trinajstić information content (AvgIpc) is 3.41. The maximum Gasteiger partial charge on any atom is 0.324 e. The highest BCUT2D eigenvalue weighted by Crippen LogP contribution is 2.28. The number of aromatic amines is 1. The molecule has 0 fully saturated rings. The molecular formula is C24H19N5O3. The van der Waals surface area contributed by atoms with E-state index >= 15 is 0 Å². The van der Waals surface area contributed by atoms with E-state index in [1.54, 1.807) is 36.4 Å². The third-order valence-electron chi connectivity index (χ3n) is 5.46. The molecular weight excluding hydrogens is 406 g/mol. The van der Waals surface area contributed by atoms with Crippen molar-refractivity contribution in [1.29, 1.82) is 0 Å². The second-order valence-corrected chi connectivity index (χ2v) is 7.49. The summed E-state index contributed by atoms with van der Waals surface area (Å²) in [6.45, 7) is 0.467. The summed E-state index contributed by atoms with van der Waals surface area (Å²) in [6.07, 6.45) is 0. The smallest absolute Gasteiger partial charge is 0.314 e. The molecule has 4 aromatic rings. The van der Waals surface area contributed by atoms with Gasteiger partial charge in [0.15, 0.2) is 0 Å². The predicted molar refractivity (Wildman–Crippen MR) is 119 cm³/mol. The minimum atomic E-state index is -0.511. The lowest BCUT2D eigenvalue weighted by Gasteiger charge is -2.16. The SMILES string of the molecule is O=C(NC(=O)N1Cc2n[nH]c(NC(=O)c3cccc4ccccc34)c2C1)c1ccccc1. The number of anilines is 1. The first-order valence-corrected chi connectivity index (χ1v) is 10.1. The van der Waals surface area contributed by atoms with Gasteiger partial charge in [-0.25, -0.2) is 4.79 Å². The number of benzene rings is 3. The summed E-state index contributed by atoms with van der Waals surface area (Å²) in [7, 11) is 0. The summed E-state index contributed by atoms with van der Waals surface area (Å²) in [4.78, 5) is 39.2. The Hall–Kier alpha value is -4.46. The van der Waals surface area contributed by atoms with E-state index in [0.29, 0.717) is 22.6 Å². The summed E-state index contributed by atoms with van der Waals surface area (Å²) in [5.74, 6) is -0.288. The fourth-order valence-electron chi connectivity index (χ4n) is 3.82. The van der Waals surface area contributed by atoms with E-state index in [0.717, 1.165) is 16.3 Å². The summed E-state index contributed by atoms with van der Waals surface area (Å²) in [6, 6.07) is 21.2. The number of urea groups is 1.